The fourth-order valence-corrected chi connectivity index (χ4v) is 1.64. The summed E-state index contributed by atoms with van der Waals surface area (Å²) in [5.74, 6) is -0.847. The number of hydrogen-bond donors (Lipinski definition) is 1. The fraction of sp³-hybridized carbons (Fsp3) is 0. The van der Waals surface area contributed by atoms with Crippen LogP contribution < -0.4 is 0 Å². The van der Waals surface area contributed by atoms with E-state index >= 15 is 0 Å². The molecule has 2 heterocycles. The zero-order valence-corrected chi connectivity index (χ0v) is 8.35. The number of aromatic carboxylic acids is 1. The summed E-state index contributed by atoms with van der Waals surface area (Å²) in [6.07, 6.45) is 0. The predicted octanol–water partition coefficient (Wildman–Crippen LogP) is 3.19. The van der Waals surface area contributed by atoms with Gasteiger partial charge >= 0.3 is 5.97 Å². The van der Waals surface area contributed by atoms with Crippen LogP contribution in [0.4, 0.5) is 0 Å². The van der Waals surface area contributed by atoms with Crippen molar-refractivity contribution in [2.45, 2.75) is 0 Å². The molecule has 0 fully saturated rings. The Labute approximate surface area is 84.1 Å². The number of thiophene rings is 2. The van der Waals surface area contributed by atoms with Gasteiger partial charge in [-0.05, 0) is 22.2 Å². The lowest BCUT2D eigenvalue weighted by Crippen LogP contribution is -1.89. The van der Waals surface area contributed by atoms with Gasteiger partial charge in [0.2, 0.25) is 0 Å². The summed E-state index contributed by atoms with van der Waals surface area (Å²) in [7, 11) is 0. The van der Waals surface area contributed by atoms with E-state index in [0.717, 1.165) is 0 Å². The number of carbonyl (C=O) groups is 1. The van der Waals surface area contributed by atoms with Gasteiger partial charge < -0.3 is 5.11 Å². The van der Waals surface area contributed by atoms with E-state index < -0.39 is 5.97 Å². The minimum atomic E-state index is -0.847. The summed E-state index contributed by atoms with van der Waals surface area (Å²) in [6.45, 7) is 0. The molecule has 13 heavy (non-hydrogen) atoms. The second kappa shape index (κ2) is 5.50. The molecule has 0 aliphatic rings. The number of carboxylic acids is 1. The molecule has 2 rings (SSSR count). The first kappa shape index (κ1) is 9.95. The summed E-state index contributed by atoms with van der Waals surface area (Å²) in [4.78, 5) is 10.5. The van der Waals surface area contributed by atoms with Crippen molar-refractivity contribution in [1.82, 2.24) is 0 Å². The van der Waals surface area contributed by atoms with Crippen LogP contribution in [0.3, 0.4) is 0 Å². The molecule has 0 saturated heterocycles. The van der Waals surface area contributed by atoms with Crippen molar-refractivity contribution < 1.29 is 9.90 Å². The van der Waals surface area contributed by atoms with E-state index in [4.69, 9.17) is 5.11 Å². The molecule has 0 aromatic carbocycles. The van der Waals surface area contributed by atoms with E-state index in [1.807, 2.05) is 22.9 Å². The van der Waals surface area contributed by atoms with Crippen LogP contribution in [0.2, 0.25) is 0 Å². The molecule has 0 spiro atoms. The van der Waals surface area contributed by atoms with Crippen LogP contribution in [0.15, 0.2) is 40.4 Å². The highest BCUT2D eigenvalue weighted by Crippen LogP contribution is 2.06. The normalized spacial score (nSPS) is 8.62. The number of carboxylic acid groups (broad SMARTS) is 1. The van der Waals surface area contributed by atoms with Crippen LogP contribution in [-0.2, 0) is 0 Å². The highest BCUT2D eigenvalue weighted by molar-refractivity contribution is 7.11. The molecule has 4 heteroatoms. The first-order valence-corrected chi connectivity index (χ1v) is 5.37. The van der Waals surface area contributed by atoms with Crippen LogP contribution >= 0.6 is 22.7 Å². The molecule has 0 aliphatic heterocycles. The molecule has 2 aromatic heterocycles. The van der Waals surface area contributed by atoms with Gasteiger partial charge in [-0.15, -0.1) is 11.3 Å². The molecule has 2 aromatic rings. The van der Waals surface area contributed by atoms with Gasteiger partial charge in [0.15, 0.2) is 0 Å². The summed E-state index contributed by atoms with van der Waals surface area (Å²) in [5.41, 5.74) is 0. The minimum Gasteiger partial charge on any atom is -0.477 e. The van der Waals surface area contributed by atoms with Gasteiger partial charge in [-0.25, -0.2) is 4.79 Å². The molecule has 0 bridgehead atoms. The van der Waals surface area contributed by atoms with Crippen LogP contribution in [-0.4, -0.2) is 11.1 Å². The van der Waals surface area contributed by atoms with E-state index in [0.29, 0.717) is 4.88 Å². The first-order valence-electron chi connectivity index (χ1n) is 3.54. The summed E-state index contributed by atoms with van der Waals surface area (Å²) in [6, 6.07) is 7.33. The monoisotopic (exact) mass is 212 g/mol. The third kappa shape index (κ3) is 3.87. The zero-order valence-electron chi connectivity index (χ0n) is 6.71. The number of hydrogen-bond acceptors (Lipinski definition) is 3. The van der Waals surface area contributed by atoms with E-state index in [-0.39, 0.29) is 0 Å². The first-order chi connectivity index (χ1) is 6.30. The maximum Gasteiger partial charge on any atom is 0.345 e. The third-order valence-corrected chi connectivity index (χ3v) is 2.64. The van der Waals surface area contributed by atoms with Crippen LogP contribution in [0, 0.1) is 0 Å². The molecule has 68 valence electrons. The smallest absolute Gasteiger partial charge is 0.345 e. The van der Waals surface area contributed by atoms with E-state index in [1.165, 1.54) is 11.3 Å². The van der Waals surface area contributed by atoms with Gasteiger partial charge in [-0.3, -0.25) is 0 Å². The Bertz CT molecular complexity index is 307. The molecular formula is C9H8O2S2. The van der Waals surface area contributed by atoms with Gasteiger partial charge in [0.1, 0.15) is 4.88 Å². The van der Waals surface area contributed by atoms with E-state index in [1.54, 1.807) is 28.8 Å². The highest BCUT2D eigenvalue weighted by atomic mass is 32.1. The average molecular weight is 212 g/mol. The second-order valence-electron chi connectivity index (χ2n) is 2.08. The largest absolute Gasteiger partial charge is 0.477 e. The summed E-state index contributed by atoms with van der Waals surface area (Å²) in [5, 5.41) is 14.1. The maximum atomic E-state index is 10.1. The van der Waals surface area contributed by atoms with Crippen molar-refractivity contribution >= 4 is 28.6 Å². The Morgan fingerprint density at radius 1 is 1.15 bits per heavy atom. The van der Waals surface area contributed by atoms with Crippen LogP contribution in [0.5, 0.6) is 0 Å². The van der Waals surface area contributed by atoms with Gasteiger partial charge in [0, 0.05) is 0 Å². The lowest BCUT2D eigenvalue weighted by atomic mass is 10.5. The van der Waals surface area contributed by atoms with E-state index in [9.17, 15) is 4.79 Å². The lowest BCUT2D eigenvalue weighted by molar-refractivity contribution is 0.0702. The zero-order chi connectivity index (χ0) is 9.52. The topological polar surface area (TPSA) is 37.3 Å². The molecule has 0 atom stereocenters. The molecule has 0 radical (unpaired) electrons. The third-order valence-electron chi connectivity index (χ3n) is 1.16. The Balaban J connectivity index is 0.000000145. The molecule has 0 aliphatic carbocycles. The fourth-order valence-electron chi connectivity index (χ4n) is 0.627. The van der Waals surface area contributed by atoms with Crippen molar-refractivity contribution in [3.8, 4) is 0 Å². The SMILES string of the molecule is O=C(O)c1cccs1.c1ccsc1. The molecule has 1 N–H and O–H groups in total. The average Bonchev–Trinajstić information content (AvgIpc) is 2.82. The van der Waals surface area contributed by atoms with Crippen LogP contribution in [0.25, 0.3) is 0 Å². The Morgan fingerprint density at radius 3 is 2.08 bits per heavy atom. The molecule has 2 nitrogen and oxygen atoms in total. The van der Waals surface area contributed by atoms with Crippen LogP contribution in [0.1, 0.15) is 9.67 Å². The van der Waals surface area contributed by atoms with Gasteiger partial charge in [-0.1, -0.05) is 18.2 Å². The minimum absolute atomic E-state index is 0.394. The quantitative estimate of drug-likeness (QED) is 0.788. The lowest BCUT2D eigenvalue weighted by Gasteiger charge is -1.78. The second-order valence-corrected chi connectivity index (χ2v) is 3.84. The Kier molecular flexibility index (Phi) is 4.21. The molecule has 0 unspecified atom stereocenters. The van der Waals surface area contributed by atoms with Crippen molar-refractivity contribution in [3.05, 3.63) is 45.3 Å². The Hall–Kier alpha value is -1.13. The Morgan fingerprint density at radius 2 is 1.85 bits per heavy atom. The van der Waals surface area contributed by atoms with Gasteiger partial charge in [0.05, 0.1) is 0 Å². The maximum absolute atomic E-state index is 10.1. The summed E-state index contributed by atoms with van der Waals surface area (Å²) >= 11 is 2.94. The summed E-state index contributed by atoms with van der Waals surface area (Å²) < 4.78 is 0. The molecule has 0 saturated carbocycles. The standard InChI is InChI=1S/C5H4O2S.C4H4S/c6-5(7)4-2-1-3-8-4;1-2-4-5-3-1/h1-3H,(H,6,7);1-4H. The van der Waals surface area contributed by atoms with Gasteiger partial charge in [-0.2, -0.15) is 11.3 Å². The van der Waals surface area contributed by atoms with Crippen molar-refractivity contribution in [1.29, 1.82) is 0 Å². The van der Waals surface area contributed by atoms with E-state index in [2.05, 4.69) is 0 Å². The van der Waals surface area contributed by atoms with Gasteiger partial charge in [0.25, 0.3) is 0 Å². The predicted molar refractivity (Wildman–Crippen MR) is 55.6 cm³/mol. The number of rotatable bonds is 1. The highest BCUT2D eigenvalue weighted by Gasteiger charge is 1.99. The van der Waals surface area contributed by atoms with Crippen molar-refractivity contribution in [2.75, 3.05) is 0 Å². The van der Waals surface area contributed by atoms with Crippen molar-refractivity contribution in [2.24, 2.45) is 0 Å². The molecular weight excluding hydrogens is 204 g/mol. The molecule has 0 amide bonds. The van der Waals surface area contributed by atoms with Crippen molar-refractivity contribution in [3.63, 3.8) is 0 Å².